The summed E-state index contributed by atoms with van der Waals surface area (Å²) < 4.78 is 6.02. The first-order chi connectivity index (χ1) is 11.7. The van der Waals surface area contributed by atoms with Crippen LogP contribution < -0.4 is 0 Å². The Bertz CT molecular complexity index is 454. The zero-order valence-corrected chi connectivity index (χ0v) is 17.2. The predicted octanol–water partition coefficient (Wildman–Crippen LogP) is 6.39. The number of aryl methyl sites for hydroxylation is 1. The van der Waals surface area contributed by atoms with E-state index in [-0.39, 0.29) is 5.60 Å². The fourth-order valence-electron chi connectivity index (χ4n) is 3.00. The van der Waals surface area contributed by atoms with Crippen LogP contribution in [-0.2, 0) is 16.8 Å². The van der Waals surface area contributed by atoms with Crippen molar-refractivity contribution in [2.24, 2.45) is 0 Å². The van der Waals surface area contributed by atoms with Crippen LogP contribution in [0.1, 0.15) is 97.1 Å². The second-order valence-electron chi connectivity index (χ2n) is 8.49. The first-order valence-electron chi connectivity index (χ1n) is 10.2. The molecule has 25 heavy (non-hydrogen) atoms. The Morgan fingerprint density at radius 3 is 1.96 bits per heavy atom. The summed E-state index contributed by atoms with van der Waals surface area (Å²) in [6, 6.07) is 8.88. The van der Waals surface area contributed by atoms with Crippen molar-refractivity contribution in [1.29, 1.82) is 0 Å². The van der Waals surface area contributed by atoms with E-state index in [2.05, 4.69) is 45.0 Å². The van der Waals surface area contributed by atoms with Crippen molar-refractivity contribution in [3.63, 3.8) is 0 Å². The van der Waals surface area contributed by atoms with Crippen molar-refractivity contribution in [3.8, 4) is 0 Å². The molecule has 0 saturated heterocycles. The zero-order chi connectivity index (χ0) is 18.8. The molecule has 0 saturated carbocycles. The first-order valence-corrected chi connectivity index (χ1v) is 10.2. The molecule has 0 bridgehead atoms. The van der Waals surface area contributed by atoms with Crippen LogP contribution >= 0.6 is 0 Å². The maximum absolute atomic E-state index is 9.80. The van der Waals surface area contributed by atoms with Gasteiger partial charge in [-0.1, -0.05) is 69.7 Å². The minimum atomic E-state index is -0.670. The summed E-state index contributed by atoms with van der Waals surface area (Å²) >= 11 is 0. The van der Waals surface area contributed by atoms with Gasteiger partial charge in [-0.15, -0.1) is 0 Å². The highest BCUT2D eigenvalue weighted by Gasteiger charge is 2.22. The molecule has 144 valence electrons. The monoisotopic (exact) mass is 348 g/mol. The third-order valence-corrected chi connectivity index (χ3v) is 4.89. The molecule has 1 aromatic rings. The van der Waals surface area contributed by atoms with Gasteiger partial charge in [0.15, 0.2) is 0 Å². The summed E-state index contributed by atoms with van der Waals surface area (Å²) in [7, 11) is 0. The molecule has 0 radical (unpaired) electrons. The largest absolute Gasteiger partial charge is 0.390 e. The molecule has 0 aliphatic rings. The number of ether oxygens (including phenoxy) is 1. The highest BCUT2D eigenvalue weighted by atomic mass is 16.5. The zero-order valence-electron chi connectivity index (χ0n) is 17.2. The van der Waals surface area contributed by atoms with E-state index < -0.39 is 5.60 Å². The number of aliphatic hydroxyl groups is 1. The van der Waals surface area contributed by atoms with E-state index in [1.165, 1.54) is 62.5 Å². The van der Waals surface area contributed by atoms with Gasteiger partial charge >= 0.3 is 0 Å². The molecule has 0 fully saturated rings. The molecular formula is C23H40O2. The molecule has 0 atom stereocenters. The average molecular weight is 349 g/mol. The third kappa shape index (κ3) is 10.0. The van der Waals surface area contributed by atoms with Gasteiger partial charge in [0, 0.05) is 0 Å². The van der Waals surface area contributed by atoms with Gasteiger partial charge in [0.1, 0.15) is 0 Å². The summed E-state index contributed by atoms with van der Waals surface area (Å²) in [6.07, 6.45) is 11.3. The molecule has 0 heterocycles. The quantitative estimate of drug-likeness (QED) is 0.418. The maximum atomic E-state index is 9.80. The Balaban J connectivity index is 2.34. The minimum Gasteiger partial charge on any atom is -0.390 e. The van der Waals surface area contributed by atoms with E-state index in [4.69, 9.17) is 4.74 Å². The summed E-state index contributed by atoms with van der Waals surface area (Å²) in [5, 5.41) is 9.80. The van der Waals surface area contributed by atoms with Crippen molar-refractivity contribution < 1.29 is 9.84 Å². The fourth-order valence-corrected chi connectivity index (χ4v) is 3.00. The van der Waals surface area contributed by atoms with Crippen LogP contribution in [0.2, 0.25) is 0 Å². The van der Waals surface area contributed by atoms with Crippen molar-refractivity contribution in [3.05, 3.63) is 35.4 Å². The summed E-state index contributed by atoms with van der Waals surface area (Å²) in [6.45, 7) is 10.7. The SMILES string of the molecule is CCCCCCCCCc1ccc(C(C)(C)OCCC(C)(C)O)cc1. The van der Waals surface area contributed by atoms with Crippen molar-refractivity contribution in [2.75, 3.05) is 6.61 Å². The number of unbranched alkanes of at least 4 members (excludes halogenated alkanes) is 6. The molecule has 0 unspecified atom stereocenters. The lowest BCUT2D eigenvalue weighted by Gasteiger charge is -2.28. The molecule has 0 amide bonds. The van der Waals surface area contributed by atoms with Crippen molar-refractivity contribution >= 4 is 0 Å². The second-order valence-corrected chi connectivity index (χ2v) is 8.49. The molecule has 1 aromatic carbocycles. The normalized spacial score (nSPS) is 12.6. The van der Waals surface area contributed by atoms with Gasteiger partial charge in [-0.05, 0) is 58.1 Å². The molecule has 0 aliphatic heterocycles. The molecule has 0 aromatic heterocycles. The van der Waals surface area contributed by atoms with Crippen LogP contribution in [0.5, 0.6) is 0 Å². The van der Waals surface area contributed by atoms with Gasteiger partial charge in [-0.25, -0.2) is 0 Å². The molecule has 1 rings (SSSR count). The smallest absolute Gasteiger partial charge is 0.0875 e. The van der Waals surface area contributed by atoms with E-state index >= 15 is 0 Å². The highest BCUT2D eigenvalue weighted by Crippen LogP contribution is 2.26. The number of hydrogen-bond acceptors (Lipinski definition) is 2. The predicted molar refractivity (Wildman–Crippen MR) is 108 cm³/mol. The highest BCUT2D eigenvalue weighted by molar-refractivity contribution is 5.26. The van der Waals surface area contributed by atoms with E-state index in [1.54, 1.807) is 0 Å². The Morgan fingerprint density at radius 1 is 0.840 bits per heavy atom. The summed E-state index contributed by atoms with van der Waals surface area (Å²) in [4.78, 5) is 0. The third-order valence-electron chi connectivity index (χ3n) is 4.89. The van der Waals surface area contributed by atoms with Crippen molar-refractivity contribution in [2.45, 2.75) is 104 Å². The van der Waals surface area contributed by atoms with Gasteiger partial charge in [0.2, 0.25) is 0 Å². The topological polar surface area (TPSA) is 29.5 Å². The fraction of sp³-hybridized carbons (Fsp3) is 0.739. The lowest BCUT2D eigenvalue weighted by Crippen LogP contribution is -2.27. The van der Waals surface area contributed by atoms with Crippen LogP contribution in [-0.4, -0.2) is 17.3 Å². The Morgan fingerprint density at radius 2 is 1.40 bits per heavy atom. The van der Waals surface area contributed by atoms with E-state index in [0.717, 1.165) is 0 Å². The Labute approximate surface area is 156 Å². The summed E-state index contributed by atoms with van der Waals surface area (Å²) in [5.74, 6) is 0. The van der Waals surface area contributed by atoms with E-state index in [9.17, 15) is 5.11 Å². The van der Waals surface area contributed by atoms with E-state index in [0.29, 0.717) is 13.0 Å². The number of rotatable bonds is 13. The Hall–Kier alpha value is -0.860. The minimum absolute atomic E-state index is 0.316. The lowest BCUT2D eigenvalue weighted by molar-refractivity contribution is -0.0494. The molecule has 2 nitrogen and oxygen atoms in total. The van der Waals surface area contributed by atoms with Crippen molar-refractivity contribution in [1.82, 2.24) is 0 Å². The van der Waals surface area contributed by atoms with Gasteiger partial charge < -0.3 is 9.84 Å². The van der Waals surface area contributed by atoms with Crippen LogP contribution in [0.3, 0.4) is 0 Å². The maximum Gasteiger partial charge on any atom is 0.0875 e. The van der Waals surface area contributed by atoms with Gasteiger partial charge in [0.05, 0.1) is 17.8 Å². The van der Waals surface area contributed by atoms with Crippen LogP contribution in [0.15, 0.2) is 24.3 Å². The van der Waals surface area contributed by atoms with Crippen LogP contribution in [0.25, 0.3) is 0 Å². The average Bonchev–Trinajstić information content (AvgIpc) is 2.53. The van der Waals surface area contributed by atoms with Crippen LogP contribution in [0, 0.1) is 0 Å². The molecular weight excluding hydrogens is 308 g/mol. The Kier molecular flexibility index (Phi) is 9.74. The van der Waals surface area contributed by atoms with E-state index in [1.807, 2.05) is 13.8 Å². The van der Waals surface area contributed by atoms with Crippen LogP contribution in [0.4, 0.5) is 0 Å². The molecule has 0 aliphatic carbocycles. The van der Waals surface area contributed by atoms with Gasteiger partial charge in [-0.3, -0.25) is 0 Å². The lowest BCUT2D eigenvalue weighted by atomic mass is 9.95. The number of hydrogen-bond donors (Lipinski definition) is 1. The van der Waals surface area contributed by atoms with Gasteiger partial charge in [0.25, 0.3) is 0 Å². The summed E-state index contributed by atoms with van der Waals surface area (Å²) in [5.41, 5.74) is 1.63. The molecule has 1 N–H and O–H groups in total. The first kappa shape index (κ1) is 22.2. The van der Waals surface area contributed by atoms with Gasteiger partial charge in [-0.2, -0.15) is 0 Å². The second kappa shape index (κ2) is 11.0. The molecule has 2 heteroatoms. The standard InChI is InChI=1S/C23H40O2/c1-6-7-8-9-10-11-12-13-20-14-16-21(17-15-20)23(4,5)25-19-18-22(2,3)24/h14-17,24H,6-13,18-19H2,1-5H3. The number of benzene rings is 1. The molecule has 0 spiro atoms.